The molecule has 0 aromatic heterocycles. The predicted octanol–water partition coefficient (Wildman–Crippen LogP) is 4.02. The van der Waals surface area contributed by atoms with Crippen molar-refractivity contribution >= 4 is 33.4 Å². The molecule has 0 unspecified atom stereocenters. The van der Waals surface area contributed by atoms with Crippen LogP contribution in [0.5, 0.6) is 0 Å². The van der Waals surface area contributed by atoms with Crippen LogP contribution >= 0.6 is 27.5 Å². The summed E-state index contributed by atoms with van der Waals surface area (Å²) in [6.45, 7) is 0.779. The maximum atomic E-state index is 11.9. The van der Waals surface area contributed by atoms with Crippen molar-refractivity contribution in [2.45, 2.75) is 30.5 Å². The van der Waals surface area contributed by atoms with Crippen LogP contribution in [0.4, 0.5) is 0 Å². The Morgan fingerprint density at radius 1 is 1.22 bits per heavy atom. The van der Waals surface area contributed by atoms with Crippen LogP contribution in [-0.2, 0) is 0 Å². The maximum Gasteiger partial charge on any atom is 0.251 e. The van der Waals surface area contributed by atoms with E-state index in [4.69, 9.17) is 11.6 Å². The average Bonchev–Trinajstić information content (AvgIpc) is 2.38. The molecule has 1 aromatic rings. The zero-order valence-electron chi connectivity index (χ0n) is 10.2. The number of benzene rings is 1. The molecule has 2 nitrogen and oxygen atoms in total. The summed E-state index contributed by atoms with van der Waals surface area (Å²) >= 11 is 9.43. The van der Waals surface area contributed by atoms with Crippen LogP contribution in [0.25, 0.3) is 0 Å². The van der Waals surface area contributed by atoms with Gasteiger partial charge in [-0.05, 0) is 55.9 Å². The van der Waals surface area contributed by atoms with Crippen molar-refractivity contribution in [2.75, 3.05) is 6.54 Å². The highest BCUT2D eigenvalue weighted by molar-refractivity contribution is 9.09. The van der Waals surface area contributed by atoms with Gasteiger partial charge in [0.15, 0.2) is 0 Å². The van der Waals surface area contributed by atoms with E-state index in [1.807, 2.05) is 0 Å². The fraction of sp³-hybridized carbons (Fsp3) is 0.500. The lowest BCUT2D eigenvalue weighted by Crippen LogP contribution is -2.31. The van der Waals surface area contributed by atoms with Crippen molar-refractivity contribution in [1.82, 2.24) is 5.32 Å². The number of rotatable bonds is 3. The third kappa shape index (κ3) is 3.99. The first kappa shape index (κ1) is 13.9. The minimum Gasteiger partial charge on any atom is -0.352 e. The van der Waals surface area contributed by atoms with Crippen LogP contribution in [0.15, 0.2) is 24.3 Å². The zero-order chi connectivity index (χ0) is 13.0. The van der Waals surface area contributed by atoms with E-state index in [0.717, 1.165) is 6.54 Å². The van der Waals surface area contributed by atoms with E-state index >= 15 is 0 Å². The number of alkyl halides is 1. The lowest BCUT2D eigenvalue weighted by molar-refractivity contribution is 0.0944. The summed E-state index contributed by atoms with van der Waals surface area (Å²) in [6, 6.07) is 7.00. The van der Waals surface area contributed by atoms with Crippen molar-refractivity contribution < 1.29 is 4.79 Å². The second kappa shape index (κ2) is 6.58. The molecule has 0 bridgehead atoms. The largest absolute Gasteiger partial charge is 0.352 e. The molecular weight excluding hydrogens is 314 g/mol. The zero-order valence-corrected chi connectivity index (χ0v) is 12.5. The molecule has 1 fully saturated rings. The molecule has 98 valence electrons. The molecule has 4 heteroatoms. The highest BCUT2D eigenvalue weighted by atomic mass is 79.9. The van der Waals surface area contributed by atoms with Gasteiger partial charge in [0.05, 0.1) is 0 Å². The standard InChI is InChI=1S/C14H17BrClNO/c15-12-5-1-10(2-6-12)9-17-14(18)11-3-7-13(16)8-4-11/h3-4,7-8,10,12H,1-2,5-6,9H2,(H,17,18). The summed E-state index contributed by atoms with van der Waals surface area (Å²) < 4.78 is 0. The fourth-order valence-electron chi connectivity index (χ4n) is 2.27. The molecule has 1 saturated carbocycles. The summed E-state index contributed by atoms with van der Waals surface area (Å²) in [7, 11) is 0. The fourth-order valence-corrected chi connectivity index (χ4v) is 2.92. The molecule has 0 heterocycles. The Labute approximate surface area is 121 Å². The lowest BCUT2D eigenvalue weighted by atomic mass is 9.89. The molecule has 1 amide bonds. The van der Waals surface area contributed by atoms with Crippen LogP contribution in [0, 0.1) is 5.92 Å². The van der Waals surface area contributed by atoms with Crippen molar-refractivity contribution in [3.05, 3.63) is 34.9 Å². The number of amides is 1. The first-order valence-electron chi connectivity index (χ1n) is 6.33. The Bertz CT molecular complexity index is 399. The summed E-state index contributed by atoms with van der Waals surface area (Å²) in [5.74, 6) is 0.614. The van der Waals surface area contributed by atoms with Crippen LogP contribution in [0.2, 0.25) is 5.02 Å². The smallest absolute Gasteiger partial charge is 0.251 e. The summed E-state index contributed by atoms with van der Waals surface area (Å²) in [5.41, 5.74) is 0.675. The van der Waals surface area contributed by atoms with E-state index in [1.54, 1.807) is 24.3 Å². The number of carbonyl (C=O) groups is 1. The minimum atomic E-state index is -0.00682. The molecule has 1 aliphatic carbocycles. The van der Waals surface area contributed by atoms with Gasteiger partial charge in [-0.25, -0.2) is 0 Å². The Morgan fingerprint density at radius 2 is 1.83 bits per heavy atom. The molecule has 0 atom stereocenters. The second-order valence-corrected chi connectivity index (χ2v) is 6.57. The topological polar surface area (TPSA) is 29.1 Å². The molecule has 18 heavy (non-hydrogen) atoms. The monoisotopic (exact) mass is 329 g/mol. The van der Waals surface area contributed by atoms with E-state index in [2.05, 4.69) is 21.2 Å². The van der Waals surface area contributed by atoms with E-state index in [9.17, 15) is 4.79 Å². The Balaban J connectivity index is 1.79. The van der Waals surface area contributed by atoms with Crippen LogP contribution in [0.1, 0.15) is 36.0 Å². The molecule has 1 N–H and O–H groups in total. The van der Waals surface area contributed by atoms with Crippen molar-refractivity contribution in [1.29, 1.82) is 0 Å². The van der Waals surface area contributed by atoms with E-state index < -0.39 is 0 Å². The molecule has 0 saturated heterocycles. The number of carbonyl (C=O) groups excluding carboxylic acids is 1. The lowest BCUT2D eigenvalue weighted by Gasteiger charge is -2.25. The van der Waals surface area contributed by atoms with Crippen molar-refractivity contribution in [2.24, 2.45) is 5.92 Å². The predicted molar refractivity (Wildman–Crippen MR) is 78.5 cm³/mol. The second-order valence-electron chi connectivity index (χ2n) is 4.83. The van der Waals surface area contributed by atoms with Gasteiger partial charge in [-0.1, -0.05) is 27.5 Å². The Hall–Kier alpha value is -0.540. The normalized spacial score (nSPS) is 23.7. The van der Waals surface area contributed by atoms with Gasteiger partial charge in [0.2, 0.25) is 0 Å². The first-order valence-corrected chi connectivity index (χ1v) is 7.62. The van der Waals surface area contributed by atoms with Crippen molar-refractivity contribution in [3.8, 4) is 0 Å². The molecule has 1 aliphatic rings. The Morgan fingerprint density at radius 3 is 2.44 bits per heavy atom. The van der Waals surface area contributed by atoms with Gasteiger partial charge in [0.1, 0.15) is 0 Å². The Kier molecular flexibility index (Phi) is 5.07. The summed E-state index contributed by atoms with van der Waals surface area (Å²) in [5, 5.41) is 3.66. The van der Waals surface area contributed by atoms with Gasteiger partial charge in [-0.3, -0.25) is 4.79 Å². The third-order valence-electron chi connectivity index (χ3n) is 3.43. The van der Waals surface area contributed by atoms with E-state index in [1.165, 1.54) is 25.7 Å². The van der Waals surface area contributed by atoms with Gasteiger partial charge in [0.25, 0.3) is 5.91 Å². The average molecular weight is 331 g/mol. The quantitative estimate of drug-likeness (QED) is 0.833. The number of halogens is 2. The number of hydrogen-bond acceptors (Lipinski definition) is 1. The first-order chi connectivity index (χ1) is 8.65. The third-order valence-corrected chi connectivity index (χ3v) is 4.60. The van der Waals surface area contributed by atoms with Crippen molar-refractivity contribution in [3.63, 3.8) is 0 Å². The van der Waals surface area contributed by atoms with Gasteiger partial charge in [-0.2, -0.15) is 0 Å². The molecule has 0 radical (unpaired) electrons. The molecule has 1 aromatic carbocycles. The van der Waals surface area contributed by atoms with Gasteiger partial charge < -0.3 is 5.32 Å². The summed E-state index contributed by atoms with van der Waals surface area (Å²) in [6.07, 6.45) is 4.80. The summed E-state index contributed by atoms with van der Waals surface area (Å²) in [4.78, 5) is 12.6. The SMILES string of the molecule is O=C(NCC1CCC(Br)CC1)c1ccc(Cl)cc1. The maximum absolute atomic E-state index is 11.9. The number of nitrogens with one attached hydrogen (secondary N) is 1. The van der Waals surface area contributed by atoms with Crippen LogP contribution < -0.4 is 5.32 Å². The van der Waals surface area contributed by atoms with Gasteiger partial charge in [-0.15, -0.1) is 0 Å². The van der Waals surface area contributed by atoms with Crippen LogP contribution in [-0.4, -0.2) is 17.3 Å². The van der Waals surface area contributed by atoms with Gasteiger partial charge in [0, 0.05) is 22.0 Å². The molecule has 2 rings (SSSR count). The highest BCUT2D eigenvalue weighted by Crippen LogP contribution is 2.28. The van der Waals surface area contributed by atoms with E-state index in [0.29, 0.717) is 21.3 Å². The van der Waals surface area contributed by atoms with Gasteiger partial charge >= 0.3 is 0 Å². The molecule has 0 spiro atoms. The number of hydrogen-bond donors (Lipinski definition) is 1. The minimum absolute atomic E-state index is 0.00682. The molecular formula is C14H17BrClNO. The van der Waals surface area contributed by atoms with E-state index in [-0.39, 0.29) is 5.91 Å². The highest BCUT2D eigenvalue weighted by Gasteiger charge is 2.19. The van der Waals surface area contributed by atoms with Crippen LogP contribution in [0.3, 0.4) is 0 Å². The molecule has 0 aliphatic heterocycles.